The largest absolute Gasteiger partial charge is 0.467 e. The zero-order chi connectivity index (χ0) is 19.4. The molecule has 0 unspecified atom stereocenters. The first-order valence-electron chi connectivity index (χ1n) is 8.14. The lowest BCUT2D eigenvalue weighted by Gasteiger charge is -2.16. The van der Waals surface area contributed by atoms with Gasteiger partial charge in [-0.3, -0.25) is 0 Å². The maximum absolute atomic E-state index is 12.6. The van der Waals surface area contributed by atoms with E-state index in [2.05, 4.69) is 24.4 Å². The van der Waals surface area contributed by atoms with E-state index in [0.29, 0.717) is 5.95 Å². The molecule has 2 aromatic heterocycles. The summed E-state index contributed by atoms with van der Waals surface area (Å²) in [6, 6.07) is 1.47. The number of esters is 1. The van der Waals surface area contributed by atoms with E-state index in [0.717, 1.165) is 37.3 Å². The fourth-order valence-corrected chi connectivity index (χ4v) is 4.92. The van der Waals surface area contributed by atoms with Gasteiger partial charge in [-0.05, 0) is 24.3 Å². The Bertz CT molecular complexity index is 924. The van der Waals surface area contributed by atoms with Crippen molar-refractivity contribution in [3.63, 3.8) is 0 Å². The number of hydrogen-bond donors (Lipinski definition) is 1. The Hall–Kier alpha value is -2.31. The summed E-state index contributed by atoms with van der Waals surface area (Å²) in [6.07, 6.45) is 2.09. The molecule has 2 aromatic rings. The molecule has 0 aliphatic carbocycles. The SMILES string of the molecule is COC(=O)c1sccc1S(=O)(=O)NCc1nc(OC)nc(N2CCCC2)n1. The minimum atomic E-state index is -3.95. The van der Waals surface area contributed by atoms with Gasteiger partial charge in [0.2, 0.25) is 16.0 Å². The molecule has 0 radical (unpaired) electrons. The lowest BCUT2D eigenvalue weighted by molar-refractivity contribution is 0.0602. The van der Waals surface area contributed by atoms with Gasteiger partial charge >= 0.3 is 12.0 Å². The average molecular weight is 413 g/mol. The number of hydrogen-bond acceptors (Lipinski definition) is 10. The Morgan fingerprint density at radius 1 is 1.26 bits per heavy atom. The summed E-state index contributed by atoms with van der Waals surface area (Å²) in [4.78, 5) is 26.2. The van der Waals surface area contributed by atoms with E-state index >= 15 is 0 Å². The number of methoxy groups -OCH3 is 2. The maximum Gasteiger partial charge on any atom is 0.349 e. The van der Waals surface area contributed by atoms with Crippen LogP contribution in [-0.4, -0.2) is 56.6 Å². The first-order valence-corrected chi connectivity index (χ1v) is 10.5. The highest BCUT2D eigenvalue weighted by Crippen LogP contribution is 2.23. The molecule has 0 amide bonds. The third-order valence-electron chi connectivity index (χ3n) is 3.93. The van der Waals surface area contributed by atoms with Gasteiger partial charge in [-0.2, -0.15) is 15.0 Å². The Balaban J connectivity index is 1.80. The predicted molar refractivity (Wildman–Crippen MR) is 97.5 cm³/mol. The summed E-state index contributed by atoms with van der Waals surface area (Å²) in [5.74, 6) is -0.0231. The number of carbonyl (C=O) groups is 1. The molecule has 0 bridgehead atoms. The van der Waals surface area contributed by atoms with E-state index < -0.39 is 16.0 Å². The molecule has 0 saturated carbocycles. The Kier molecular flexibility index (Phi) is 5.87. The smallest absolute Gasteiger partial charge is 0.349 e. The second-order valence-electron chi connectivity index (χ2n) is 5.66. The van der Waals surface area contributed by atoms with Gasteiger partial charge < -0.3 is 14.4 Å². The fraction of sp³-hybridized carbons (Fsp3) is 0.467. The molecule has 1 aliphatic heterocycles. The van der Waals surface area contributed by atoms with E-state index in [1.165, 1.54) is 25.7 Å². The second-order valence-corrected chi connectivity index (χ2v) is 8.31. The zero-order valence-electron chi connectivity index (χ0n) is 14.8. The second kappa shape index (κ2) is 8.15. The highest BCUT2D eigenvalue weighted by atomic mass is 32.2. The van der Waals surface area contributed by atoms with Crippen molar-refractivity contribution in [3.05, 3.63) is 22.1 Å². The van der Waals surface area contributed by atoms with Crippen molar-refractivity contribution in [2.24, 2.45) is 0 Å². The highest BCUT2D eigenvalue weighted by molar-refractivity contribution is 7.89. The van der Waals surface area contributed by atoms with Crippen molar-refractivity contribution in [3.8, 4) is 6.01 Å². The zero-order valence-corrected chi connectivity index (χ0v) is 16.5. The van der Waals surface area contributed by atoms with Crippen molar-refractivity contribution in [2.45, 2.75) is 24.3 Å². The summed E-state index contributed by atoms with van der Waals surface area (Å²) in [5, 5.41) is 1.51. The van der Waals surface area contributed by atoms with Crippen molar-refractivity contribution in [1.29, 1.82) is 0 Å². The van der Waals surface area contributed by atoms with Crippen LogP contribution in [0.1, 0.15) is 28.3 Å². The van der Waals surface area contributed by atoms with Gasteiger partial charge in [0.1, 0.15) is 9.77 Å². The minimum absolute atomic E-state index is 0.0102. The topological polar surface area (TPSA) is 124 Å². The van der Waals surface area contributed by atoms with E-state index in [1.807, 2.05) is 4.90 Å². The molecule has 0 atom stereocenters. The number of anilines is 1. The van der Waals surface area contributed by atoms with Crippen LogP contribution in [0.5, 0.6) is 6.01 Å². The number of thiophene rings is 1. The number of sulfonamides is 1. The lowest BCUT2D eigenvalue weighted by atomic mass is 10.4. The molecule has 0 spiro atoms. The minimum Gasteiger partial charge on any atom is -0.467 e. The first-order chi connectivity index (χ1) is 12.9. The van der Waals surface area contributed by atoms with Crippen LogP contribution in [0, 0.1) is 0 Å². The summed E-state index contributed by atoms with van der Waals surface area (Å²) >= 11 is 0.994. The van der Waals surface area contributed by atoms with Crippen LogP contribution in [0.25, 0.3) is 0 Å². The highest BCUT2D eigenvalue weighted by Gasteiger charge is 2.25. The van der Waals surface area contributed by atoms with Crippen LogP contribution in [-0.2, 0) is 21.3 Å². The van der Waals surface area contributed by atoms with Crippen LogP contribution < -0.4 is 14.4 Å². The van der Waals surface area contributed by atoms with E-state index in [-0.39, 0.29) is 28.2 Å². The molecule has 27 heavy (non-hydrogen) atoms. The van der Waals surface area contributed by atoms with Gasteiger partial charge in [0, 0.05) is 13.1 Å². The normalized spacial score (nSPS) is 14.4. The summed E-state index contributed by atoms with van der Waals surface area (Å²) in [5.41, 5.74) is 0. The summed E-state index contributed by atoms with van der Waals surface area (Å²) in [6.45, 7) is 1.49. The molecule has 1 aliphatic rings. The lowest BCUT2D eigenvalue weighted by Crippen LogP contribution is -2.27. The third-order valence-corrected chi connectivity index (χ3v) is 6.40. The van der Waals surface area contributed by atoms with Crippen molar-refractivity contribution >= 4 is 33.3 Å². The third kappa shape index (κ3) is 4.34. The van der Waals surface area contributed by atoms with Crippen LogP contribution in [0.3, 0.4) is 0 Å². The standard InChI is InChI=1S/C15H19N5O5S2/c1-24-13(21)12-10(5-8-26-12)27(22,23)16-9-11-17-14(19-15(18-11)25-2)20-6-3-4-7-20/h5,8,16H,3-4,6-7,9H2,1-2H3. The number of ether oxygens (including phenoxy) is 2. The Morgan fingerprint density at radius 2 is 2.00 bits per heavy atom. The number of aromatic nitrogens is 3. The van der Waals surface area contributed by atoms with E-state index in [4.69, 9.17) is 4.74 Å². The molecule has 0 aromatic carbocycles. The molecule has 1 saturated heterocycles. The van der Waals surface area contributed by atoms with E-state index in [9.17, 15) is 13.2 Å². The quantitative estimate of drug-likeness (QED) is 0.657. The van der Waals surface area contributed by atoms with E-state index in [1.54, 1.807) is 0 Å². The number of nitrogens with zero attached hydrogens (tertiary/aromatic N) is 4. The maximum atomic E-state index is 12.6. The van der Waals surface area contributed by atoms with Gasteiger partial charge in [-0.25, -0.2) is 17.9 Å². The molecule has 3 rings (SSSR count). The molecule has 10 nitrogen and oxygen atoms in total. The number of nitrogens with one attached hydrogen (secondary N) is 1. The Morgan fingerprint density at radius 3 is 2.67 bits per heavy atom. The van der Waals surface area contributed by atoms with Crippen molar-refractivity contribution < 1.29 is 22.7 Å². The number of rotatable bonds is 7. The molecule has 1 fully saturated rings. The monoisotopic (exact) mass is 413 g/mol. The van der Waals surface area contributed by atoms with Gasteiger partial charge in [0.25, 0.3) is 0 Å². The molecular formula is C15H19N5O5S2. The summed E-state index contributed by atoms with van der Waals surface area (Å²) < 4.78 is 37.3. The van der Waals surface area contributed by atoms with Crippen LogP contribution in [0.2, 0.25) is 0 Å². The molecule has 3 heterocycles. The van der Waals surface area contributed by atoms with Crippen molar-refractivity contribution in [2.75, 3.05) is 32.2 Å². The average Bonchev–Trinajstić information content (AvgIpc) is 3.37. The van der Waals surface area contributed by atoms with Gasteiger partial charge in [0.15, 0.2) is 5.82 Å². The van der Waals surface area contributed by atoms with Crippen molar-refractivity contribution in [1.82, 2.24) is 19.7 Å². The first kappa shape index (κ1) is 19.5. The fourth-order valence-electron chi connectivity index (χ4n) is 2.60. The molecular weight excluding hydrogens is 394 g/mol. The number of carbonyl (C=O) groups excluding carboxylic acids is 1. The van der Waals surface area contributed by atoms with Gasteiger partial charge in [0.05, 0.1) is 20.8 Å². The Labute approximate surface area is 160 Å². The van der Waals surface area contributed by atoms with Gasteiger partial charge in [-0.15, -0.1) is 11.3 Å². The van der Waals surface area contributed by atoms with Gasteiger partial charge in [-0.1, -0.05) is 0 Å². The predicted octanol–water partition coefficient (Wildman–Crippen LogP) is 0.807. The molecule has 12 heteroatoms. The van der Waals surface area contributed by atoms with Crippen LogP contribution in [0.4, 0.5) is 5.95 Å². The molecule has 146 valence electrons. The molecule has 1 N–H and O–H groups in total. The summed E-state index contributed by atoms with van der Waals surface area (Å²) in [7, 11) is -1.31. The van der Waals surface area contributed by atoms with Crippen LogP contribution >= 0.6 is 11.3 Å². The van der Waals surface area contributed by atoms with Crippen LogP contribution in [0.15, 0.2) is 16.3 Å².